The van der Waals surface area contributed by atoms with Gasteiger partial charge in [-0.3, -0.25) is 9.69 Å². The van der Waals surface area contributed by atoms with Gasteiger partial charge in [0.2, 0.25) is 11.0 Å². The van der Waals surface area contributed by atoms with Crippen molar-refractivity contribution < 1.29 is 13.9 Å². The summed E-state index contributed by atoms with van der Waals surface area (Å²) in [6.45, 7) is 1.92. The second-order valence-corrected chi connectivity index (χ2v) is 7.40. The van der Waals surface area contributed by atoms with Crippen LogP contribution >= 0.6 is 23.1 Å². The van der Waals surface area contributed by atoms with Crippen molar-refractivity contribution in [2.24, 2.45) is 0 Å². The second kappa shape index (κ2) is 7.27. The number of hydrogen-bond donors (Lipinski definition) is 0. The summed E-state index contributed by atoms with van der Waals surface area (Å²) in [4.78, 5) is 13.4. The van der Waals surface area contributed by atoms with Crippen molar-refractivity contribution in [1.29, 1.82) is 0 Å². The van der Waals surface area contributed by atoms with Crippen LogP contribution in [0.2, 0.25) is 0 Å². The van der Waals surface area contributed by atoms with Crippen molar-refractivity contribution >= 4 is 34.1 Å². The lowest BCUT2D eigenvalue weighted by atomic mass is 10.3. The van der Waals surface area contributed by atoms with E-state index in [1.54, 1.807) is 30.0 Å². The van der Waals surface area contributed by atoms with Gasteiger partial charge in [0.1, 0.15) is 0 Å². The third-order valence-corrected chi connectivity index (χ3v) is 5.28. The van der Waals surface area contributed by atoms with E-state index in [1.807, 2.05) is 0 Å². The number of amides is 1. The van der Waals surface area contributed by atoms with E-state index in [9.17, 15) is 9.18 Å². The van der Waals surface area contributed by atoms with Crippen molar-refractivity contribution in [3.63, 3.8) is 0 Å². The maximum atomic E-state index is 13.4. The highest BCUT2D eigenvalue weighted by Gasteiger charge is 2.34. The summed E-state index contributed by atoms with van der Waals surface area (Å²) in [5.41, 5.74) is 0. The quantitative estimate of drug-likeness (QED) is 0.434. The van der Waals surface area contributed by atoms with E-state index >= 15 is 0 Å². The number of nitrogens with zero attached hydrogens (tertiary/aromatic N) is 3. The average molecular weight is 353 g/mol. The zero-order chi connectivity index (χ0) is 16.2. The number of halogens is 1. The lowest BCUT2D eigenvalue weighted by molar-refractivity contribution is -0.116. The van der Waals surface area contributed by atoms with Crippen molar-refractivity contribution in [3.8, 4) is 5.75 Å². The lowest BCUT2D eigenvalue weighted by Crippen LogP contribution is -2.30. The van der Waals surface area contributed by atoms with Crippen LogP contribution in [0.15, 0.2) is 28.6 Å². The fourth-order valence-corrected chi connectivity index (χ4v) is 3.93. The van der Waals surface area contributed by atoms with Gasteiger partial charge in [0.05, 0.1) is 6.61 Å². The first kappa shape index (κ1) is 16.2. The molecule has 122 valence electrons. The Hall–Kier alpha value is -1.67. The molecular weight excluding hydrogens is 337 g/mol. The van der Waals surface area contributed by atoms with Crippen LogP contribution < -0.4 is 9.64 Å². The van der Waals surface area contributed by atoms with Crippen molar-refractivity contribution in [3.05, 3.63) is 30.1 Å². The minimum atomic E-state index is -0.364. The van der Waals surface area contributed by atoms with Gasteiger partial charge in [-0.15, -0.1) is 10.2 Å². The van der Waals surface area contributed by atoms with Gasteiger partial charge in [0.15, 0.2) is 15.9 Å². The number of carbonyl (C=O) groups excluding carboxylic acids is 1. The molecule has 1 heterocycles. The Kier molecular flexibility index (Phi) is 5.12. The van der Waals surface area contributed by atoms with Crippen LogP contribution in [0.5, 0.6) is 5.75 Å². The molecule has 1 aliphatic rings. The fourth-order valence-electron chi connectivity index (χ4n) is 2.08. The average Bonchev–Trinajstić information content (AvgIpc) is 3.24. The molecule has 23 heavy (non-hydrogen) atoms. The van der Waals surface area contributed by atoms with Crippen LogP contribution in [0.3, 0.4) is 0 Å². The van der Waals surface area contributed by atoms with Crippen LogP contribution in [0.1, 0.15) is 19.8 Å². The molecule has 0 aliphatic heterocycles. The van der Waals surface area contributed by atoms with Crippen molar-refractivity contribution in [2.75, 3.05) is 17.3 Å². The standard InChI is InChI=1S/C15H16FN3O2S2/c1-10(20)19(11-6-7-11)14-17-18-15(23-14)22-9-8-21-13-5-3-2-4-12(13)16/h2-5,11H,6-9H2,1H3. The van der Waals surface area contributed by atoms with Gasteiger partial charge in [-0.25, -0.2) is 4.39 Å². The molecule has 3 rings (SSSR count). The smallest absolute Gasteiger partial charge is 0.225 e. The van der Waals surface area contributed by atoms with Gasteiger partial charge in [-0.1, -0.05) is 35.2 Å². The molecule has 0 bridgehead atoms. The fraction of sp³-hybridized carbons (Fsp3) is 0.400. The third-order valence-electron chi connectivity index (χ3n) is 3.26. The molecule has 0 saturated heterocycles. The third kappa shape index (κ3) is 4.20. The topological polar surface area (TPSA) is 55.3 Å². The molecule has 1 saturated carbocycles. The number of hydrogen-bond acceptors (Lipinski definition) is 6. The number of para-hydroxylation sites is 1. The van der Waals surface area contributed by atoms with Crippen LogP contribution in [0, 0.1) is 5.82 Å². The summed E-state index contributed by atoms with van der Waals surface area (Å²) < 4.78 is 19.6. The summed E-state index contributed by atoms with van der Waals surface area (Å²) in [6.07, 6.45) is 2.05. The highest BCUT2D eigenvalue weighted by molar-refractivity contribution is 8.01. The Balaban J connectivity index is 1.49. The molecule has 0 spiro atoms. The monoisotopic (exact) mass is 353 g/mol. The zero-order valence-corrected chi connectivity index (χ0v) is 14.2. The highest BCUT2D eigenvalue weighted by atomic mass is 32.2. The molecule has 1 aliphatic carbocycles. The minimum Gasteiger partial charge on any atom is -0.490 e. The highest BCUT2D eigenvalue weighted by Crippen LogP contribution is 2.35. The van der Waals surface area contributed by atoms with Crippen LogP contribution in [-0.2, 0) is 4.79 Å². The first-order chi connectivity index (χ1) is 11.1. The van der Waals surface area contributed by atoms with E-state index in [-0.39, 0.29) is 23.5 Å². The van der Waals surface area contributed by atoms with Gasteiger partial charge in [0, 0.05) is 18.7 Å². The molecular formula is C15H16FN3O2S2. The Bertz CT molecular complexity index is 691. The zero-order valence-electron chi connectivity index (χ0n) is 12.6. The number of carbonyl (C=O) groups is 1. The molecule has 2 aromatic rings. The number of benzene rings is 1. The Morgan fingerprint density at radius 1 is 1.43 bits per heavy atom. The first-order valence-electron chi connectivity index (χ1n) is 7.28. The molecule has 8 heteroatoms. The largest absolute Gasteiger partial charge is 0.490 e. The Morgan fingerprint density at radius 3 is 2.91 bits per heavy atom. The predicted molar refractivity (Wildman–Crippen MR) is 88.7 cm³/mol. The number of aromatic nitrogens is 2. The van der Waals surface area contributed by atoms with E-state index in [4.69, 9.17) is 4.74 Å². The summed E-state index contributed by atoms with van der Waals surface area (Å²) in [7, 11) is 0. The SMILES string of the molecule is CC(=O)N(c1nnc(SCCOc2ccccc2F)s1)C1CC1. The molecule has 1 aromatic carbocycles. The number of anilines is 1. The summed E-state index contributed by atoms with van der Waals surface area (Å²) in [5.74, 6) is 0.523. The van der Waals surface area contributed by atoms with Gasteiger partial charge >= 0.3 is 0 Å². The molecule has 0 atom stereocenters. The van der Waals surface area contributed by atoms with Gasteiger partial charge in [-0.2, -0.15) is 0 Å². The maximum absolute atomic E-state index is 13.4. The van der Waals surface area contributed by atoms with E-state index in [0.29, 0.717) is 17.5 Å². The molecule has 0 radical (unpaired) electrons. The molecule has 0 N–H and O–H groups in total. The lowest BCUT2D eigenvalue weighted by Gasteiger charge is -2.15. The van der Waals surface area contributed by atoms with Crippen LogP contribution in [0.4, 0.5) is 9.52 Å². The maximum Gasteiger partial charge on any atom is 0.225 e. The minimum absolute atomic E-state index is 0.00286. The summed E-state index contributed by atoms with van der Waals surface area (Å²) in [5, 5.41) is 8.85. The second-order valence-electron chi connectivity index (χ2n) is 5.10. The Morgan fingerprint density at radius 2 is 2.22 bits per heavy atom. The summed E-state index contributed by atoms with van der Waals surface area (Å²) in [6, 6.07) is 6.61. The molecule has 5 nitrogen and oxygen atoms in total. The normalized spacial score (nSPS) is 13.8. The van der Waals surface area contributed by atoms with Gasteiger partial charge in [0.25, 0.3) is 0 Å². The molecule has 1 fully saturated rings. The molecule has 1 amide bonds. The van der Waals surface area contributed by atoms with Crippen LogP contribution in [0.25, 0.3) is 0 Å². The van der Waals surface area contributed by atoms with E-state index in [2.05, 4.69) is 10.2 Å². The summed E-state index contributed by atoms with van der Waals surface area (Å²) >= 11 is 2.89. The molecule has 0 unspecified atom stereocenters. The number of thioether (sulfide) groups is 1. The van der Waals surface area contributed by atoms with Gasteiger partial charge in [-0.05, 0) is 25.0 Å². The van der Waals surface area contributed by atoms with Crippen LogP contribution in [-0.4, -0.2) is 34.5 Å². The van der Waals surface area contributed by atoms with E-state index in [0.717, 1.165) is 17.2 Å². The Labute approximate surface area is 141 Å². The number of rotatable bonds is 7. The van der Waals surface area contributed by atoms with Crippen molar-refractivity contribution in [2.45, 2.75) is 30.1 Å². The van der Waals surface area contributed by atoms with E-state index in [1.165, 1.54) is 29.2 Å². The first-order valence-corrected chi connectivity index (χ1v) is 9.09. The van der Waals surface area contributed by atoms with Gasteiger partial charge < -0.3 is 4.74 Å². The van der Waals surface area contributed by atoms with Crippen molar-refractivity contribution in [1.82, 2.24) is 10.2 Å². The van der Waals surface area contributed by atoms with E-state index < -0.39 is 0 Å². The number of ether oxygens (including phenoxy) is 1. The predicted octanol–water partition coefficient (Wildman–Crippen LogP) is 3.36. The molecule has 1 aromatic heterocycles.